The van der Waals surface area contributed by atoms with E-state index in [2.05, 4.69) is 30.4 Å². The fraction of sp³-hybridized carbons (Fsp3) is 0.375. The van der Waals surface area contributed by atoms with E-state index in [9.17, 15) is 0 Å². The first-order chi connectivity index (χ1) is 8.29. The molecular weight excluding hydrogens is 224 g/mol. The van der Waals surface area contributed by atoms with Crippen molar-refractivity contribution < 1.29 is 4.74 Å². The van der Waals surface area contributed by atoms with Gasteiger partial charge < -0.3 is 15.8 Å². The summed E-state index contributed by atoms with van der Waals surface area (Å²) in [6.07, 6.45) is 2.87. The summed E-state index contributed by atoms with van der Waals surface area (Å²) >= 11 is 0. The molecule has 0 aliphatic carbocycles. The van der Waals surface area contributed by atoms with Gasteiger partial charge in [-0.25, -0.2) is 4.98 Å². The first-order valence-electron chi connectivity index (χ1n) is 4.89. The Balaban J connectivity index is 2.18. The van der Waals surface area contributed by atoms with E-state index < -0.39 is 0 Å². The molecule has 0 aromatic carbocycles. The number of hydrogen-bond donors (Lipinski definition) is 2. The van der Waals surface area contributed by atoms with Gasteiger partial charge in [-0.15, -0.1) is 0 Å². The average molecular weight is 236 g/mol. The Morgan fingerprint density at radius 3 is 3.00 bits per heavy atom. The van der Waals surface area contributed by atoms with Gasteiger partial charge in [-0.3, -0.25) is 0 Å². The third-order valence-electron chi connectivity index (χ3n) is 1.85. The zero-order chi connectivity index (χ0) is 12.1. The number of nitrogens with zero attached hydrogens (tertiary/aromatic N) is 6. The zero-order valence-electron chi connectivity index (χ0n) is 9.24. The SMILES string of the molecule is COCCNc1nc(N)nc(-n2cncn2)n1. The Morgan fingerprint density at radius 1 is 1.41 bits per heavy atom. The molecule has 0 aliphatic heterocycles. The molecule has 0 atom stereocenters. The van der Waals surface area contributed by atoms with Crippen LogP contribution in [0.25, 0.3) is 5.95 Å². The first kappa shape index (κ1) is 11.2. The highest BCUT2D eigenvalue weighted by Crippen LogP contribution is 2.05. The van der Waals surface area contributed by atoms with Crippen LogP contribution in [0.5, 0.6) is 0 Å². The van der Waals surface area contributed by atoms with Crippen molar-refractivity contribution in [2.45, 2.75) is 0 Å². The molecule has 2 heterocycles. The summed E-state index contributed by atoms with van der Waals surface area (Å²) in [7, 11) is 1.62. The van der Waals surface area contributed by atoms with Crippen molar-refractivity contribution in [1.82, 2.24) is 29.7 Å². The molecule has 9 nitrogen and oxygen atoms in total. The van der Waals surface area contributed by atoms with Crippen molar-refractivity contribution in [2.24, 2.45) is 0 Å². The van der Waals surface area contributed by atoms with Gasteiger partial charge in [0, 0.05) is 13.7 Å². The quantitative estimate of drug-likeness (QED) is 0.641. The molecule has 0 aliphatic rings. The molecule has 2 aromatic heterocycles. The van der Waals surface area contributed by atoms with E-state index in [4.69, 9.17) is 10.5 Å². The minimum absolute atomic E-state index is 0.116. The van der Waals surface area contributed by atoms with Crippen LogP contribution in [-0.4, -0.2) is 50.0 Å². The molecule has 2 aromatic rings. The second-order valence-electron chi connectivity index (χ2n) is 3.08. The number of nitrogens with one attached hydrogen (secondary N) is 1. The Morgan fingerprint density at radius 2 is 2.29 bits per heavy atom. The lowest BCUT2D eigenvalue weighted by atomic mass is 10.7. The predicted octanol–water partition coefficient (Wildman–Crippen LogP) is -0.907. The minimum atomic E-state index is 0.116. The van der Waals surface area contributed by atoms with E-state index in [1.807, 2.05) is 0 Å². The molecule has 9 heteroatoms. The fourth-order valence-corrected chi connectivity index (χ4v) is 1.14. The molecule has 0 radical (unpaired) electrons. The van der Waals surface area contributed by atoms with Crippen LogP contribution >= 0.6 is 0 Å². The standard InChI is InChI=1S/C8H12N8O/c1-17-3-2-11-7-13-6(9)14-8(15-7)16-5-10-4-12-16/h4-5H,2-3H2,1H3,(H3,9,11,13,14,15). The summed E-state index contributed by atoms with van der Waals surface area (Å²) in [5, 5.41) is 6.87. The zero-order valence-corrected chi connectivity index (χ0v) is 9.24. The summed E-state index contributed by atoms with van der Waals surface area (Å²) in [5.74, 6) is 0.806. The maximum atomic E-state index is 5.57. The predicted molar refractivity (Wildman–Crippen MR) is 59.5 cm³/mol. The van der Waals surface area contributed by atoms with E-state index in [0.29, 0.717) is 25.0 Å². The van der Waals surface area contributed by atoms with Crippen molar-refractivity contribution in [2.75, 3.05) is 31.3 Å². The molecule has 3 N–H and O–H groups in total. The number of nitrogens with two attached hydrogens (primary N) is 1. The van der Waals surface area contributed by atoms with Gasteiger partial charge in [0.15, 0.2) is 0 Å². The molecule has 0 bridgehead atoms. The monoisotopic (exact) mass is 236 g/mol. The lowest BCUT2D eigenvalue weighted by Crippen LogP contribution is -2.14. The van der Waals surface area contributed by atoms with Gasteiger partial charge in [0.05, 0.1) is 6.61 Å². The second kappa shape index (κ2) is 5.16. The molecule has 0 fully saturated rings. The first-order valence-corrected chi connectivity index (χ1v) is 4.89. The lowest BCUT2D eigenvalue weighted by molar-refractivity contribution is 0.210. The van der Waals surface area contributed by atoms with Gasteiger partial charge in [0.2, 0.25) is 11.9 Å². The van der Waals surface area contributed by atoms with E-state index in [-0.39, 0.29) is 5.95 Å². The topological polar surface area (TPSA) is 117 Å². The number of nitrogen functional groups attached to an aromatic ring is 1. The van der Waals surface area contributed by atoms with Crippen molar-refractivity contribution in [3.8, 4) is 5.95 Å². The molecule has 0 saturated carbocycles. The maximum absolute atomic E-state index is 5.57. The van der Waals surface area contributed by atoms with Gasteiger partial charge in [0.25, 0.3) is 5.95 Å². The average Bonchev–Trinajstić information content (AvgIpc) is 2.82. The Labute approximate surface area is 97.1 Å². The van der Waals surface area contributed by atoms with Crippen LogP contribution in [0.3, 0.4) is 0 Å². The van der Waals surface area contributed by atoms with Crippen LogP contribution < -0.4 is 11.1 Å². The van der Waals surface area contributed by atoms with E-state index in [1.54, 1.807) is 7.11 Å². The van der Waals surface area contributed by atoms with Crippen molar-refractivity contribution >= 4 is 11.9 Å². The number of methoxy groups -OCH3 is 1. The molecule has 2 rings (SSSR count). The largest absolute Gasteiger partial charge is 0.383 e. The summed E-state index contributed by atoms with van der Waals surface area (Å²) in [6.45, 7) is 1.13. The van der Waals surface area contributed by atoms with Crippen LogP contribution in [0.2, 0.25) is 0 Å². The molecule has 0 amide bonds. The van der Waals surface area contributed by atoms with Gasteiger partial charge in [-0.2, -0.15) is 24.7 Å². The Kier molecular flexibility index (Phi) is 3.40. The number of aromatic nitrogens is 6. The highest BCUT2D eigenvalue weighted by Gasteiger charge is 2.06. The van der Waals surface area contributed by atoms with E-state index >= 15 is 0 Å². The molecule has 17 heavy (non-hydrogen) atoms. The Bertz CT molecular complexity index is 470. The van der Waals surface area contributed by atoms with Crippen LogP contribution in [-0.2, 0) is 4.74 Å². The van der Waals surface area contributed by atoms with E-state index in [0.717, 1.165) is 0 Å². The molecule has 0 unspecified atom stereocenters. The summed E-state index contributed by atoms with van der Waals surface area (Å²) < 4.78 is 6.31. The second-order valence-corrected chi connectivity index (χ2v) is 3.08. The third kappa shape index (κ3) is 2.84. The van der Waals surface area contributed by atoms with Crippen LogP contribution in [0.15, 0.2) is 12.7 Å². The van der Waals surface area contributed by atoms with Gasteiger partial charge in [0.1, 0.15) is 12.7 Å². The van der Waals surface area contributed by atoms with Crippen LogP contribution in [0, 0.1) is 0 Å². The van der Waals surface area contributed by atoms with Crippen LogP contribution in [0.1, 0.15) is 0 Å². The van der Waals surface area contributed by atoms with Crippen molar-refractivity contribution in [3.63, 3.8) is 0 Å². The highest BCUT2D eigenvalue weighted by atomic mass is 16.5. The van der Waals surface area contributed by atoms with Crippen molar-refractivity contribution in [3.05, 3.63) is 12.7 Å². The maximum Gasteiger partial charge on any atom is 0.258 e. The molecule has 90 valence electrons. The lowest BCUT2D eigenvalue weighted by Gasteiger charge is -2.06. The molecular formula is C8H12N8O. The number of rotatable bonds is 5. The van der Waals surface area contributed by atoms with E-state index in [1.165, 1.54) is 17.3 Å². The summed E-state index contributed by atoms with van der Waals surface area (Å²) in [5.41, 5.74) is 5.57. The highest BCUT2D eigenvalue weighted by molar-refractivity contribution is 5.34. The fourth-order valence-electron chi connectivity index (χ4n) is 1.14. The van der Waals surface area contributed by atoms with Crippen molar-refractivity contribution in [1.29, 1.82) is 0 Å². The normalized spacial score (nSPS) is 10.4. The van der Waals surface area contributed by atoms with Gasteiger partial charge in [-0.05, 0) is 0 Å². The number of anilines is 2. The summed E-state index contributed by atoms with van der Waals surface area (Å²) in [6, 6.07) is 0. The minimum Gasteiger partial charge on any atom is -0.383 e. The third-order valence-corrected chi connectivity index (χ3v) is 1.85. The molecule has 0 spiro atoms. The smallest absolute Gasteiger partial charge is 0.258 e. The van der Waals surface area contributed by atoms with Gasteiger partial charge in [-0.1, -0.05) is 0 Å². The number of hydrogen-bond acceptors (Lipinski definition) is 8. The number of ether oxygens (including phenoxy) is 1. The van der Waals surface area contributed by atoms with Crippen LogP contribution in [0.4, 0.5) is 11.9 Å². The van der Waals surface area contributed by atoms with Gasteiger partial charge >= 0.3 is 0 Å². The Hall–Kier alpha value is -2.29. The summed E-state index contributed by atoms with van der Waals surface area (Å²) in [4.78, 5) is 15.8. The molecule has 0 saturated heterocycles.